The zero-order chi connectivity index (χ0) is 14.2. The van der Waals surface area contributed by atoms with E-state index >= 15 is 0 Å². The fourth-order valence-corrected chi connectivity index (χ4v) is 1.92. The Labute approximate surface area is 118 Å². The second-order valence-corrected chi connectivity index (χ2v) is 4.50. The molecule has 0 aliphatic carbocycles. The van der Waals surface area contributed by atoms with Gasteiger partial charge in [0.15, 0.2) is 11.5 Å². The number of fused-ring (bicyclic) bond motifs is 1. The molecule has 0 amide bonds. The van der Waals surface area contributed by atoms with Crippen LogP contribution in [0.3, 0.4) is 0 Å². The number of aliphatic hydroxyl groups is 2. The Kier molecular flexibility index (Phi) is 5.65. The number of hydrogen-bond donors (Lipinski definition) is 2. The zero-order valence-electron chi connectivity index (χ0n) is 11.4. The van der Waals surface area contributed by atoms with Crippen molar-refractivity contribution in [3.05, 3.63) is 36.4 Å². The number of hydrogen-bond acceptors (Lipinski definition) is 4. The molecule has 2 rings (SSSR count). The Balaban J connectivity index is 2.21. The second-order valence-electron chi connectivity index (χ2n) is 4.50. The molecule has 0 saturated carbocycles. The molecule has 2 aromatic carbocycles. The summed E-state index contributed by atoms with van der Waals surface area (Å²) in [6.07, 6.45) is 1.17. The smallest absolute Gasteiger partial charge is 0.161 e. The zero-order valence-corrected chi connectivity index (χ0v) is 11.4. The van der Waals surface area contributed by atoms with Crippen LogP contribution in [0.15, 0.2) is 36.4 Å². The topological polar surface area (TPSA) is 58.9 Å². The van der Waals surface area contributed by atoms with Crippen LogP contribution in [0.5, 0.6) is 11.5 Å². The van der Waals surface area contributed by atoms with E-state index in [0.29, 0.717) is 37.6 Å². The lowest BCUT2D eigenvalue weighted by Crippen LogP contribution is -2.04. The highest BCUT2D eigenvalue weighted by Gasteiger charge is 2.07. The van der Waals surface area contributed by atoms with Gasteiger partial charge in [-0.1, -0.05) is 24.3 Å². The minimum absolute atomic E-state index is 0.105. The Bertz CT molecular complexity index is 490. The Morgan fingerprint density at radius 1 is 0.750 bits per heavy atom. The molecule has 0 aromatic heterocycles. The first-order valence-corrected chi connectivity index (χ1v) is 6.85. The van der Waals surface area contributed by atoms with Gasteiger partial charge in [-0.15, -0.1) is 0 Å². The minimum atomic E-state index is 0.105. The molecule has 4 nitrogen and oxygen atoms in total. The van der Waals surface area contributed by atoms with Crippen LogP contribution in [0.25, 0.3) is 10.8 Å². The Hall–Kier alpha value is -1.78. The monoisotopic (exact) mass is 276 g/mol. The predicted octanol–water partition coefficient (Wildman–Crippen LogP) is 2.36. The first-order valence-electron chi connectivity index (χ1n) is 6.85. The molecule has 0 heterocycles. The van der Waals surface area contributed by atoms with Crippen molar-refractivity contribution in [3.8, 4) is 11.5 Å². The van der Waals surface area contributed by atoms with Crippen molar-refractivity contribution in [2.45, 2.75) is 12.8 Å². The van der Waals surface area contributed by atoms with Crippen LogP contribution in [0.2, 0.25) is 0 Å². The highest BCUT2D eigenvalue weighted by Crippen LogP contribution is 2.32. The van der Waals surface area contributed by atoms with Gasteiger partial charge in [0.1, 0.15) is 0 Å². The van der Waals surface area contributed by atoms with Gasteiger partial charge in [-0.05, 0) is 22.9 Å². The summed E-state index contributed by atoms with van der Waals surface area (Å²) < 4.78 is 11.3. The van der Waals surface area contributed by atoms with E-state index in [1.807, 2.05) is 36.4 Å². The van der Waals surface area contributed by atoms with E-state index in [1.54, 1.807) is 0 Å². The van der Waals surface area contributed by atoms with Crippen molar-refractivity contribution in [3.63, 3.8) is 0 Å². The maximum Gasteiger partial charge on any atom is 0.161 e. The van der Waals surface area contributed by atoms with Crippen LogP contribution in [0, 0.1) is 0 Å². The molecule has 0 aliphatic heterocycles. The summed E-state index contributed by atoms with van der Waals surface area (Å²) in [4.78, 5) is 0. The van der Waals surface area contributed by atoms with Crippen molar-refractivity contribution in [1.82, 2.24) is 0 Å². The summed E-state index contributed by atoms with van der Waals surface area (Å²) in [7, 11) is 0. The molecule has 0 unspecified atom stereocenters. The van der Waals surface area contributed by atoms with Crippen molar-refractivity contribution >= 4 is 10.8 Å². The van der Waals surface area contributed by atoms with Gasteiger partial charge >= 0.3 is 0 Å². The van der Waals surface area contributed by atoms with Crippen LogP contribution in [0.4, 0.5) is 0 Å². The lowest BCUT2D eigenvalue weighted by atomic mass is 10.1. The van der Waals surface area contributed by atoms with E-state index in [-0.39, 0.29) is 13.2 Å². The standard InChI is InChI=1S/C16H20O4/c17-7-3-9-19-15-11-13-5-1-2-6-14(13)12-16(15)20-10-4-8-18/h1-2,5-6,11-12,17-18H,3-4,7-10H2. The van der Waals surface area contributed by atoms with E-state index in [2.05, 4.69) is 0 Å². The van der Waals surface area contributed by atoms with E-state index < -0.39 is 0 Å². The van der Waals surface area contributed by atoms with Gasteiger partial charge in [-0.2, -0.15) is 0 Å². The summed E-state index contributed by atoms with van der Waals surface area (Å²) in [5, 5.41) is 19.8. The Morgan fingerprint density at radius 3 is 1.60 bits per heavy atom. The normalized spacial score (nSPS) is 10.7. The van der Waals surface area contributed by atoms with Gasteiger partial charge in [-0.25, -0.2) is 0 Å². The van der Waals surface area contributed by atoms with Crippen molar-refractivity contribution in [2.24, 2.45) is 0 Å². The van der Waals surface area contributed by atoms with Gasteiger partial charge < -0.3 is 19.7 Å². The molecule has 0 saturated heterocycles. The van der Waals surface area contributed by atoms with Crippen molar-refractivity contribution in [1.29, 1.82) is 0 Å². The molecular formula is C16H20O4. The quantitative estimate of drug-likeness (QED) is 0.727. The Morgan fingerprint density at radius 2 is 1.20 bits per heavy atom. The van der Waals surface area contributed by atoms with Crippen LogP contribution >= 0.6 is 0 Å². The molecule has 108 valence electrons. The molecule has 0 radical (unpaired) electrons. The van der Waals surface area contributed by atoms with Crippen LogP contribution < -0.4 is 9.47 Å². The fraction of sp³-hybridized carbons (Fsp3) is 0.375. The minimum Gasteiger partial charge on any atom is -0.490 e. The molecule has 2 aromatic rings. The van der Waals surface area contributed by atoms with Crippen molar-refractivity contribution in [2.75, 3.05) is 26.4 Å². The average molecular weight is 276 g/mol. The van der Waals surface area contributed by atoms with Crippen LogP contribution in [0.1, 0.15) is 12.8 Å². The first-order chi connectivity index (χ1) is 9.85. The van der Waals surface area contributed by atoms with Gasteiger partial charge in [-0.3, -0.25) is 0 Å². The SMILES string of the molecule is OCCCOc1cc2ccccc2cc1OCCCO. The molecule has 0 aliphatic rings. The maximum atomic E-state index is 8.82. The molecule has 2 N–H and O–H groups in total. The number of aliphatic hydroxyl groups excluding tert-OH is 2. The molecule has 0 bridgehead atoms. The third-order valence-electron chi connectivity index (χ3n) is 2.93. The molecule has 0 atom stereocenters. The first kappa shape index (κ1) is 14.6. The van der Waals surface area contributed by atoms with E-state index in [9.17, 15) is 0 Å². The number of benzene rings is 2. The van der Waals surface area contributed by atoms with Gasteiger partial charge in [0, 0.05) is 26.1 Å². The lowest BCUT2D eigenvalue weighted by Gasteiger charge is -2.13. The molecule has 20 heavy (non-hydrogen) atoms. The highest BCUT2D eigenvalue weighted by molar-refractivity contribution is 5.86. The number of rotatable bonds is 8. The van der Waals surface area contributed by atoms with Crippen LogP contribution in [-0.4, -0.2) is 36.6 Å². The van der Waals surface area contributed by atoms with Gasteiger partial charge in [0.2, 0.25) is 0 Å². The molecular weight excluding hydrogens is 256 g/mol. The van der Waals surface area contributed by atoms with E-state index in [1.165, 1.54) is 0 Å². The largest absolute Gasteiger partial charge is 0.490 e. The third kappa shape index (κ3) is 3.85. The summed E-state index contributed by atoms with van der Waals surface area (Å²) in [6, 6.07) is 11.9. The molecule has 0 fully saturated rings. The summed E-state index contributed by atoms with van der Waals surface area (Å²) in [5.41, 5.74) is 0. The van der Waals surface area contributed by atoms with E-state index in [0.717, 1.165) is 10.8 Å². The number of ether oxygens (including phenoxy) is 2. The summed E-state index contributed by atoms with van der Waals surface area (Å²) in [6.45, 7) is 1.11. The van der Waals surface area contributed by atoms with E-state index in [4.69, 9.17) is 19.7 Å². The maximum absolute atomic E-state index is 8.82. The average Bonchev–Trinajstić information content (AvgIpc) is 2.48. The van der Waals surface area contributed by atoms with Gasteiger partial charge in [0.25, 0.3) is 0 Å². The lowest BCUT2D eigenvalue weighted by molar-refractivity contribution is 0.211. The molecule has 4 heteroatoms. The summed E-state index contributed by atoms with van der Waals surface area (Å²) >= 11 is 0. The van der Waals surface area contributed by atoms with Gasteiger partial charge in [0.05, 0.1) is 13.2 Å². The summed E-state index contributed by atoms with van der Waals surface area (Å²) in [5.74, 6) is 1.35. The molecule has 0 spiro atoms. The predicted molar refractivity (Wildman–Crippen MR) is 78.3 cm³/mol. The fourth-order valence-electron chi connectivity index (χ4n) is 1.92. The van der Waals surface area contributed by atoms with Crippen molar-refractivity contribution < 1.29 is 19.7 Å². The highest BCUT2D eigenvalue weighted by atomic mass is 16.5. The third-order valence-corrected chi connectivity index (χ3v) is 2.93. The van der Waals surface area contributed by atoms with Crippen LogP contribution in [-0.2, 0) is 0 Å². The second kappa shape index (κ2) is 7.72.